The molecule has 0 amide bonds. The van der Waals surface area contributed by atoms with Gasteiger partial charge in [0.05, 0.1) is 17.0 Å². The number of aromatic nitrogens is 2. The van der Waals surface area contributed by atoms with E-state index in [2.05, 4.69) is 9.97 Å². The highest BCUT2D eigenvalue weighted by molar-refractivity contribution is 5.78. The summed E-state index contributed by atoms with van der Waals surface area (Å²) < 4.78 is 0. The van der Waals surface area contributed by atoms with Gasteiger partial charge in [-0.15, -0.1) is 0 Å². The van der Waals surface area contributed by atoms with Crippen LogP contribution in [0, 0.1) is 18.3 Å². The number of nitrogens with one attached hydrogen (secondary N) is 1. The van der Waals surface area contributed by atoms with Crippen molar-refractivity contribution >= 4 is 10.9 Å². The third kappa shape index (κ3) is 2.09. The van der Waals surface area contributed by atoms with Crippen molar-refractivity contribution in [1.29, 1.82) is 5.26 Å². The maximum Gasteiger partial charge on any atom is 0.258 e. The molecule has 0 bridgehead atoms. The molecule has 2 atom stereocenters. The van der Waals surface area contributed by atoms with Crippen LogP contribution in [0.5, 0.6) is 0 Å². The Hall–Kier alpha value is -2.23. The maximum atomic E-state index is 11.7. The summed E-state index contributed by atoms with van der Waals surface area (Å²) in [5.74, 6) is 0.498. The predicted molar refractivity (Wildman–Crippen MR) is 63.7 cm³/mol. The number of hydrogen-bond donors (Lipinski definition) is 3. The summed E-state index contributed by atoms with van der Waals surface area (Å²) in [6, 6.07) is 6.06. The maximum absolute atomic E-state index is 11.7. The topological polar surface area (TPSA) is 110 Å². The largest absolute Gasteiger partial charge is 0.385 e. The fraction of sp³-hybridized carbons (Fsp3) is 0.250. The molecular formula is C12H11N3O3. The molecule has 0 fully saturated rings. The molecule has 2 unspecified atom stereocenters. The second-order valence-electron chi connectivity index (χ2n) is 3.95. The molecule has 2 rings (SSSR count). The number of aliphatic hydroxyl groups excluding tert-OH is 2. The summed E-state index contributed by atoms with van der Waals surface area (Å²) in [5.41, 5.74) is 0.476. The van der Waals surface area contributed by atoms with Gasteiger partial charge in [0, 0.05) is 0 Å². The quantitative estimate of drug-likeness (QED) is 0.652. The number of aromatic amines is 1. The second kappa shape index (κ2) is 4.56. The van der Waals surface area contributed by atoms with E-state index in [1.54, 1.807) is 13.0 Å². The van der Waals surface area contributed by atoms with Crippen molar-refractivity contribution < 1.29 is 10.2 Å². The number of aryl methyl sites for hydroxylation is 1. The molecule has 6 nitrogen and oxygen atoms in total. The van der Waals surface area contributed by atoms with Gasteiger partial charge in [-0.05, 0) is 24.6 Å². The van der Waals surface area contributed by atoms with E-state index in [4.69, 9.17) is 5.26 Å². The summed E-state index contributed by atoms with van der Waals surface area (Å²) in [7, 11) is 0. The molecule has 1 aromatic heterocycles. The average molecular weight is 245 g/mol. The lowest BCUT2D eigenvalue weighted by Crippen LogP contribution is -2.17. The van der Waals surface area contributed by atoms with Gasteiger partial charge in [0.1, 0.15) is 11.9 Å². The molecule has 1 heterocycles. The molecule has 2 aromatic rings. The van der Waals surface area contributed by atoms with Crippen LogP contribution in [0.1, 0.15) is 17.5 Å². The van der Waals surface area contributed by atoms with E-state index in [1.807, 2.05) is 0 Å². The van der Waals surface area contributed by atoms with Crippen LogP contribution in [0.3, 0.4) is 0 Å². The van der Waals surface area contributed by atoms with Crippen molar-refractivity contribution in [2.75, 3.05) is 0 Å². The number of hydrogen-bond acceptors (Lipinski definition) is 5. The predicted octanol–water partition coefficient (Wildman–Crippen LogP) is 0.149. The Balaban J connectivity index is 2.58. The number of rotatable bonds is 2. The molecule has 92 valence electrons. The minimum absolute atomic E-state index is 0.299. The average Bonchev–Trinajstić information content (AvgIpc) is 2.36. The van der Waals surface area contributed by atoms with Gasteiger partial charge in [-0.3, -0.25) is 4.79 Å². The second-order valence-corrected chi connectivity index (χ2v) is 3.95. The monoisotopic (exact) mass is 245 g/mol. The lowest BCUT2D eigenvalue weighted by molar-refractivity contribution is 0.0529. The van der Waals surface area contributed by atoms with E-state index in [-0.39, 0.29) is 5.56 Å². The number of fused-ring (bicyclic) bond motifs is 1. The molecule has 3 N–H and O–H groups in total. The fourth-order valence-corrected chi connectivity index (χ4v) is 1.71. The molecule has 0 aliphatic heterocycles. The highest BCUT2D eigenvalue weighted by Crippen LogP contribution is 2.19. The third-order valence-electron chi connectivity index (χ3n) is 2.62. The van der Waals surface area contributed by atoms with E-state index in [0.717, 1.165) is 0 Å². The summed E-state index contributed by atoms with van der Waals surface area (Å²) in [4.78, 5) is 18.4. The molecule has 0 radical (unpaired) electrons. The first-order chi connectivity index (χ1) is 8.52. The molecule has 0 spiro atoms. The first-order valence-electron chi connectivity index (χ1n) is 5.29. The Kier molecular flexibility index (Phi) is 3.10. The van der Waals surface area contributed by atoms with Gasteiger partial charge >= 0.3 is 0 Å². The highest BCUT2D eigenvalue weighted by atomic mass is 16.3. The van der Waals surface area contributed by atoms with Gasteiger partial charge < -0.3 is 15.2 Å². The van der Waals surface area contributed by atoms with Gasteiger partial charge in [-0.2, -0.15) is 5.26 Å². The van der Waals surface area contributed by atoms with Crippen LogP contribution < -0.4 is 5.56 Å². The number of nitrogens with zero attached hydrogens (tertiary/aromatic N) is 2. The summed E-state index contributed by atoms with van der Waals surface area (Å²) in [6.07, 6.45) is -2.87. The highest BCUT2D eigenvalue weighted by Gasteiger charge is 2.18. The molecule has 0 aliphatic carbocycles. The van der Waals surface area contributed by atoms with Crippen molar-refractivity contribution in [1.82, 2.24) is 9.97 Å². The molecule has 0 aliphatic rings. The SMILES string of the molecule is Cc1nc2ccc(C(O)C(O)C#N)cc2c(=O)[nH]1. The van der Waals surface area contributed by atoms with Gasteiger partial charge in [-0.1, -0.05) is 6.07 Å². The van der Waals surface area contributed by atoms with Gasteiger partial charge in [0.25, 0.3) is 5.56 Å². The van der Waals surface area contributed by atoms with E-state index in [1.165, 1.54) is 18.2 Å². The number of nitriles is 1. The van der Waals surface area contributed by atoms with Crippen LogP contribution in [0.4, 0.5) is 0 Å². The number of H-pyrrole nitrogens is 1. The van der Waals surface area contributed by atoms with E-state index in [9.17, 15) is 15.0 Å². The Morgan fingerprint density at radius 2 is 2.17 bits per heavy atom. The lowest BCUT2D eigenvalue weighted by atomic mass is 10.0. The van der Waals surface area contributed by atoms with Crippen molar-refractivity contribution in [3.05, 3.63) is 39.9 Å². The molecule has 0 saturated carbocycles. The van der Waals surface area contributed by atoms with Crippen molar-refractivity contribution in [3.8, 4) is 6.07 Å². The molecule has 1 aromatic carbocycles. The van der Waals surface area contributed by atoms with Crippen LogP contribution in [-0.2, 0) is 0 Å². The van der Waals surface area contributed by atoms with E-state index < -0.39 is 12.2 Å². The van der Waals surface area contributed by atoms with E-state index in [0.29, 0.717) is 22.3 Å². The molecular weight excluding hydrogens is 234 g/mol. The van der Waals surface area contributed by atoms with Crippen LogP contribution in [0.2, 0.25) is 0 Å². The third-order valence-corrected chi connectivity index (χ3v) is 2.62. The standard InChI is InChI=1S/C12H11N3O3/c1-6-14-9-3-2-7(11(17)10(16)5-13)4-8(9)12(18)15-6/h2-4,10-11,16-17H,1H3,(H,14,15,18). The van der Waals surface area contributed by atoms with E-state index >= 15 is 0 Å². The number of benzene rings is 1. The minimum Gasteiger partial charge on any atom is -0.385 e. The Morgan fingerprint density at radius 3 is 2.83 bits per heavy atom. The molecule has 6 heteroatoms. The van der Waals surface area contributed by atoms with Crippen molar-refractivity contribution in [2.45, 2.75) is 19.1 Å². The van der Waals surface area contributed by atoms with Gasteiger partial charge in [-0.25, -0.2) is 4.98 Å². The summed E-state index contributed by atoms with van der Waals surface area (Å²) in [6.45, 7) is 1.67. The smallest absolute Gasteiger partial charge is 0.258 e. The molecule has 0 saturated heterocycles. The van der Waals surface area contributed by atoms with Gasteiger partial charge in [0.15, 0.2) is 6.10 Å². The zero-order chi connectivity index (χ0) is 13.3. The minimum atomic E-state index is -1.53. The Bertz CT molecular complexity index is 687. The molecule has 18 heavy (non-hydrogen) atoms. The first-order valence-corrected chi connectivity index (χ1v) is 5.29. The van der Waals surface area contributed by atoms with Gasteiger partial charge in [0.2, 0.25) is 0 Å². The van der Waals surface area contributed by atoms with Crippen LogP contribution in [-0.4, -0.2) is 26.3 Å². The van der Waals surface area contributed by atoms with Crippen LogP contribution in [0.15, 0.2) is 23.0 Å². The Morgan fingerprint density at radius 1 is 1.44 bits per heavy atom. The normalized spacial score (nSPS) is 14.1. The summed E-state index contributed by atoms with van der Waals surface area (Å²) in [5, 5.41) is 27.8. The van der Waals surface area contributed by atoms with Crippen molar-refractivity contribution in [2.24, 2.45) is 0 Å². The Labute approximate surface area is 102 Å². The lowest BCUT2D eigenvalue weighted by Gasteiger charge is -2.12. The zero-order valence-electron chi connectivity index (χ0n) is 9.58. The first kappa shape index (κ1) is 12.2. The van der Waals surface area contributed by atoms with Crippen LogP contribution in [0.25, 0.3) is 10.9 Å². The summed E-state index contributed by atoms with van der Waals surface area (Å²) >= 11 is 0. The number of aliphatic hydroxyl groups is 2. The van der Waals surface area contributed by atoms with Crippen molar-refractivity contribution in [3.63, 3.8) is 0 Å². The van der Waals surface area contributed by atoms with Crippen LogP contribution >= 0.6 is 0 Å². The zero-order valence-corrected chi connectivity index (χ0v) is 9.58. The fourth-order valence-electron chi connectivity index (χ4n) is 1.71.